The van der Waals surface area contributed by atoms with Crippen molar-refractivity contribution < 1.29 is 9.53 Å². The molecule has 2 heterocycles. The second kappa shape index (κ2) is 7.37. The van der Waals surface area contributed by atoms with Crippen LogP contribution in [0.15, 0.2) is 18.9 Å². The normalized spacial score (nSPS) is 16.2. The predicted octanol–water partition coefficient (Wildman–Crippen LogP) is 1.75. The topological polar surface area (TPSA) is 63.2 Å². The Morgan fingerprint density at radius 2 is 2.42 bits per heavy atom. The monoisotopic (exact) mass is 281 g/mol. The van der Waals surface area contributed by atoms with E-state index in [2.05, 4.69) is 22.2 Å². The molecule has 2 rings (SSSR count). The lowest BCUT2D eigenvalue weighted by molar-refractivity contribution is -0.120. The van der Waals surface area contributed by atoms with Crippen LogP contribution < -0.4 is 10.6 Å². The van der Waals surface area contributed by atoms with Crippen molar-refractivity contribution in [3.63, 3.8) is 0 Å². The molecule has 0 saturated carbocycles. The molecule has 6 heteroatoms. The Morgan fingerprint density at radius 1 is 1.63 bits per heavy atom. The van der Waals surface area contributed by atoms with E-state index in [0.29, 0.717) is 17.7 Å². The van der Waals surface area contributed by atoms with Crippen LogP contribution in [0, 0.1) is 0 Å². The van der Waals surface area contributed by atoms with Crippen molar-refractivity contribution in [3.8, 4) is 0 Å². The summed E-state index contributed by atoms with van der Waals surface area (Å²) in [7, 11) is 0. The number of carbonyl (C=O) groups is 1. The predicted molar refractivity (Wildman–Crippen MR) is 76.6 cm³/mol. The zero-order chi connectivity index (χ0) is 13.5. The summed E-state index contributed by atoms with van der Waals surface area (Å²) < 4.78 is 5.08. The minimum atomic E-state index is -0.173. The van der Waals surface area contributed by atoms with Crippen LogP contribution in [-0.2, 0) is 9.53 Å². The van der Waals surface area contributed by atoms with E-state index in [4.69, 9.17) is 4.74 Å². The van der Waals surface area contributed by atoms with Crippen LogP contribution >= 0.6 is 11.3 Å². The number of nitrogens with one attached hydrogen (secondary N) is 2. The molecular formula is C13H19N3O2S. The molecule has 0 aromatic carbocycles. The maximum absolute atomic E-state index is 11.6. The zero-order valence-corrected chi connectivity index (χ0v) is 11.7. The van der Waals surface area contributed by atoms with Crippen LogP contribution in [0.2, 0.25) is 0 Å². The number of rotatable bonds is 6. The van der Waals surface area contributed by atoms with Gasteiger partial charge in [-0.15, -0.1) is 17.9 Å². The van der Waals surface area contributed by atoms with Crippen molar-refractivity contribution >= 4 is 22.4 Å². The molecule has 1 amide bonds. The van der Waals surface area contributed by atoms with Crippen LogP contribution in [-0.4, -0.2) is 37.2 Å². The Bertz CT molecular complexity index is 427. The maximum Gasteiger partial charge on any atom is 0.252 e. The molecule has 0 aliphatic carbocycles. The minimum Gasteiger partial charge on any atom is -0.368 e. The van der Waals surface area contributed by atoms with Gasteiger partial charge in [-0.05, 0) is 31.8 Å². The summed E-state index contributed by atoms with van der Waals surface area (Å²) in [5.41, 5.74) is 0. The molecule has 2 N–H and O–H groups in total. The molecule has 1 aromatic heterocycles. The first-order chi connectivity index (χ1) is 9.29. The minimum absolute atomic E-state index is 0.0360. The van der Waals surface area contributed by atoms with Crippen molar-refractivity contribution in [1.82, 2.24) is 10.3 Å². The molecule has 0 spiro atoms. The highest BCUT2D eigenvalue weighted by Gasteiger charge is 2.18. The number of amides is 1. The molecule has 0 bridgehead atoms. The number of hydrogen-bond acceptors (Lipinski definition) is 5. The molecule has 1 aliphatic heterocycles. The SMILES string of the molecule is C=CCOCC(=O)Nc1ncc(C2CCNCC2)s1. The lowest BCUT2D eigenvalue weighted by atomic mass is 9.97. The van der Waals surface area contributed by atoms with E-state index in [0.717, 1.165) is 25.9 Å². The van der Waals surface area contributed by atoms with Crippen LogP contribution in [0.25, 0.3) is 0 Å². The summed E-state index contributed by atoms with van der Waals surface area (Å²) in [5, 5.41) is 6.75. The van der Waals surface area contributed by atoms with Crippen LogP contribution in [0.4, 0.5) is 5.13 Å². The molecular weight excluding hydrogens is 262 g/mol. The van der Waals surface area contributed by atoms with Crippen molar-refractivity contribution in [2.75, 3.05) is 31.6 Å². The van der Waals surface area contributed by atoms with Gasteiger partial charge >= 0.3 is 0 Å². The van der Waals surface area contributed by atoms with Crippen LogP contribution in [0.1, 0.15) is 23.6 Å². The Hall–Kier alpha value is -1.24. The van der Waals surface area contributed by atoms with E-state index in [9.17, 15) is 4.79 Å². The largest absolute Gasteiger partial charge is 0.368 e. The van der Waals surface area contributed by atoms with Gasteiger partial charge in [-0.1, -0.05) is 6.08 Å². The van der Waals surface area contributed by atoms with Gasteiger partial charge in [0.05, 0.1) is 6.61 Å². The molecule has 1 fully saturated rings. The third kappa shape index (κ3) is 4.41. The number of aromatic nitrogens is 1. The molecule has 19 heavy (non-hydrogen) atoms. The first-order valence-electron chi connectivity index (χ1n) is 6.44. The van der Waals surface area contributed by atoms with Gasteiger partial charge in [0.1, 0.15) is 6.61 Å². The van der Waals surface area contributed by atoms with Crippen LogP contribution in [0.3, 0.4) is 0 Å². The lowest BCUT2D eigenvalue weighted by Crippen LogP contribution is -2.26. The van der Waals surface area contributed by atoms with Crippen molar-refractivity contribution in [3.05, 3.63) is 23.7 Å². The second-order valence-corrected chi connectivity index (χ2v) is 5.51. The highest BCUT2D eigenvalue weighted by molar-refractivity contribution is 7.15. The number of hydrogen-bond donors (Lipinski definition) is 2. The number of thiazole rings is 1. The average Bonchev–Trinajstić information content (AvgIpc) is 2.88. The Balaban J connectivity index is 1.82. The van der Waals surface area contributed by atoms with E-state index < -0.39 is 0 Å². The van der Waals surface area contributed by atoms with Crippen LogP contribution in [0.5, 0.6) is 0 Å². The van der Waals surface area contributed by atoms with Gasteiger partial charge in [-0.2, -0.15) is 0 Å². The van der Waals surface area contributed by atoms with E-state index in [1.807, 2.05) is 6.20 Å². The summed E-state index contributed by atoms with van der Waals surface area (Å²) >= 11 is 1.56. The molecule has 0 radical (unpaired) electrons. The summed E-state index contributed by atoms with van der Waals surface area (Å²) in [6.45, 7) is 6.05. The van der Waals surface area contributed by atoms with E-state index in [1.54, 1.807) is 17.4 Å². The van der Waals surface area contributed by atoms with E-state index in [1.165, 1.54) is 4.88 Å². The van der Waals surface area contributed by atoms with Gasteiger partial charge in [0, 0.05) is 11.1 Å². The average molecular weight is 281 g/mol. The number of piperidine rings is 1. The fourth-order valence-corrected chi connectivity index (χ4v) is 3.03. The lowest BCUT2D eigenvalue weighted by Gasteiger charge is -2.20. The quantitative estimate of drug-likeness (QED) is 0.616. The number of ether oxygens (including phenoxy) is 1. The van der Waals surface area contributed by atoms with Gasteiger partial charge in [-0.3, -0.25) is 10.1 Å². The number of carbonyl (C=O) groups excluding carboxylic acids is 1. The number of anilines is 1. The first kappa shape index (κ1) is 14.2. The van der Waals surface area contributed by atoms with Crippen molar-refractivity contribution in [2.24, 2.45) is 0 Å². The van der Waals surface area contributed by atoms with Gasteiger partial charge in [0.2, 0.25) is 0 Å². The maximum atomic E-state index is 11.6. The van der Waals surface area contributed by atoms with Gasteiger partial charge in [-0.25, -0.2) is 4.98 Å². The Morgan fingerprint density at radius 3 is 3.16 bits per heavy atom. The molecule has 104 valence electrons. The van der Waals surface area contributed by atoms with E-state index >= 15 is 0 Å². The summed E-state index contributed by atoms with van der Waals surface area (Å²) in [6.07, 6.45) is 5.77. The molecule has 0 atom stereocenters. The molecule has 1 saturated heterocycles. The standard InChI is InChI=1S/C13H19N3O2S/c1-2-7-18-9-12(17)16-13-15-8-11(19-13)10-3-5-14-6-4-10/h2,8,10,14H,1,3-7,9H2,(H,15,16,17). The Kier molecular flexibility index (Phi) is 5.50. The second-order valence-electron chi connectivity index (χ2n) is 4.44. The molecule has 1 aromatic rings. The third-order valence-corrected chi connectivity index (χ3v) is 4.06. The van der Waals surface area contributed by atoms with E-state index in [-0.39, 0.29) is 12.5 Å². The fraction of sp³-hybridized carbons (Fsp3) is 0.538. The highest BCUT2D eigenvalue weighted by Crippen LogP contribution is 2.31. The first-order valence-corrected chi connectivity index (χ1v) is 7.26. The summed E-state index contributed by atoms with van der Waals surface area (Å²) in [4.78, 5) is 17.1. The summed E-state index contributed by atoms with van der Waals surface area (Å²) in [5.74, 6) is 0.398. The summed E-state index contributed by atoms with van der Waals surface area (Å²) in [6, 6.07) is 0. The number of nitrogens with zero attached hydrogens (tertiary/aromatic N) is 1. The molecule has 1 aliphatic rings. The molecule has 5 nitrogen and oxygen atoms in total. The van der Waals surface area contributed by atoms with Gasteiger partial charge in [0.15, 0.2) is 5.13 Å². The fourth-order valence-electron chi connectivity index (χ4n) is 2.03. The van der Waals surface area contributed by atoms with Crippen molar-refractivity contribution in [2.45, 2.75) is 18.8 Å². The smallest absolute Gasteiger partial charge is 0.252 e. The third-order valence-electron chi connectivity index (χ3n) is 2.98. The van der Waals surface area contributed by atoms with Gasteiger partial charge in [0.25, 0.3) is 5.91 Å². The zero-order valence-electron chi connectivity index (χ0n) is 10.9. The van der Waals surface area contributed by atoms with Crippen molar-refractivity contribution in [1.29, 1.82) is 0 Å². The van der Waals surface area contributed by atoms with Gasteiger partial charge < -0.3 is 10.1 Å². The Labute approximate surface area is 117 Å². The highest BCUT2D eigenvalue weighted by atomic mass is 32.1. The molecule has 0 unspecified atom stereocenters.